The first kappa shape index (κ1) is 16.8. The Labute approximate surface area is 154 Å². The maximum Gasteiger partial charge on any atom is 0.137 e. The molecule has 0 spiro atoms. The second-order valence-corrected chi connectivity index (χ2v) is 6.87. The highest BCUT2D eigenvalue weighted by Gasteiger charge is 2.22. The molecule has 134 valence electrons. The van der Waals surface area contributed by atoms with Gasteiger partial charge in [0.05, 0.1) is 24.8 Å². The van der Waals surface area contributed by atoms with Crippen LogP contribution in [0.15, 0.2) is 67.4 Å². The minimum Gasteiger partial charge on any atom is -0.492 e. The molecule has 2 aromatic heterocycles. The van der Waals surface area contributed by atoms with Crippen LogP contribution in [0, 0.1) is 5.92 Å². The van der Waals surface area contributed by atoms with Gasteiger partial charge >= 0.3 is 0 Å². The normalized spacial score (nSPS) is 17.5. The lowest BCUT2D eigenvalue weighted by Crippen LogP contribution is -2.32. The molecule has 5 nitrogen and oxygen atoms in total. The van der Waals surface area contributed by atoms with Gasteiger partial charge in [0.1, 0.15) is 5.75 Å². The molecule has 0 radical (unpaired) electrons. The van der Waals surface area contributed by atoms with Gasteiger partial charge in [-0.05, 0) is 24.1 Å². The smallest absolute Gasteiger partial charge is 0.137 e. The summed E-state index contributed by atoms with van der Waals surface area (Å²) in [5, 5.41) is 0. The lowest BCUT2D eigenvalue weighted by Gasteiger charge is -2.24. The molecule has 0 saturated heterocycles. The van der Waals surface area contributed by atoms with Gasteiger partial charge in [0.25, 0.3) is 0 Å². The van der Waals surface area contributed by atoms with Crippen molar-refractivity contribution in [2.24, 2.45) is 5.92 Å². The Morgan fingerprint density at radius 3 is 2.77 bits per heavy atom. The Morgan fingerprint density at radius 2 is 1.92 bits per heavy atom. The standard InChI is InChI=1S/C21H24N4O/c1-2-5-18(6-3-1)8-10-24-13-19(14-25-17-23-11-20(25)15-24)16-26-21-7-4-9-22-12-21/h1-7,9,11-12,17,19H,8,10,13-16H2/t19-/m1/s1. The molecule has 3 aromatic rings. The van der Waals surface area contributed by atoms with E-state index >= 15 is 0 Å². The fraction of sp³-hybridized carbons (Fsp3) is 0.333. The van der Waals surface area contributed by atoms with Crippen molar-refractivity contribution in [3.63, 3.8) is 0 Å². The molecular formula is C21H24N4O. The Bertz CT molecular complexity index is 737. The Morgan fingerprint density at radius 1 is 1.00 bits per heavy atom. The van der Waals surface area contributed by atoms with E-state index in [0.29, 0.717) is 12.5 Å². The van der Waals surface area contributed by atoms with Crippen molar-refractivity contribution in [1.29, 1.82) is 0 Å². The molecule has 0 saturated carbocycles. The Balaban J connectivity index is 1.41. The lowest BCUT2D eigenvalue weighted by molar-refractivity contribution is 0.173. The van der Waals surface area contributed by atoms with Crippen LogP contribution in [0.25, 0.3) is 0 Å². The van der Waals surface area contributed by atoms with Crippen molar-refractivity contribution in [3.05, 3.63) is 78.6 Å². The number of imidazole rings is 1. The molecule has 1 aliphatic rings. The van der Waals surface area contributed by atoms with Crippen LogP contribution < -0.4 is 4.74 Å². The monoisotopic (exact) mass is 348 g/mol. The minimum absolute atomic E-state index is 0.418. The average molecular weight is 348 g/mol. The van der Waals surface area contributed by atoms with Crippen LogP contribution in [0.4, 0.5) is 0 Å². The van der Waals surface area contributed by atoms with Gasteiger partial charge in [-0.1, -0.05) is 30.3 Å². The number of hydrogen-bond acceptors (Lipinski definition) is 4. The first-order valence-corrected chi connectivity index (χ1v) is 9.15. The summed E-state index contributed by atoms with van der Waals surface area (Å²) in [6.45, 7) is 4.63. The summed E-state index contributed by atoms with van der Waals surface area (Å²) in [5.74, 6) is 1.25. The third-order valence-electron chi connectivity index (χ3n) is 4.84. The number of pyridine rings is 1. The first-order valence-electron chi connectivity index (χ1n) is 9.15. The second kappa shape index (κ2) is 8.15. The number of nitrogens with zero attached hydrogens (tertiary/aromatic N) is 4. The topological polar surface area (TPSA) is 43.2 Å². The van der Waals surface area contributed by atoms with Crippen LogP contribution in [0.2, 0.25) is 0 Å². The number of hydrogen-bond donors (Lipinski definition) is 0. The number of fused-ring (bicyclic) bond motifs is 1. The van der Waals surface area contributed by atoms with E-state index in [1.165, 1.54) is 11.3 Å². The predicted molar refractivity (Wildman–Crippen MR) is 101 cm³/mol. The highest BCUT2D eigenvalue weighted by Crippen LogP contribution is 2.18. The van der Waals surface area contributed by atoms with Gasteiger partial charge in [0, 0.05) is 44.5 Å². The van der Waals surface area contributed by atoms with Crippen molar-refractivity contribution in [1.82, 2.24) is 19.4 Å². The van der Waals surface area contributed by atoms with Gasteiger partial charge in [0.15, 0.2) is 0 Å². The maximum atomic E-state index is 5.98. The van der Waals surface area contributed by atoms with E-state index in [4.69, 9.17) is 4.74 Å². The van der Waals surface area contributed by atoms with Crippen LogP contribution in [0.3, 0.4) is 0 Å². The van der Waals surface area contributed by atoms with Gasteiger partial charge in [-0.15, -0.1) is 0 Å². The summed E-state index contributed by atoms with van der Waals surface area (Å²) >= 11 is 0. The molecular weight excluding hydrogens is 324 g/mol. The SMILES string of the molecule is c1ccc(CCN2Cc3cncn3C[C@H](COc3cccnc3)C2)cc1. The average Bonchev–Trinajstić information content (AvgIpc) is 3.05. The Kier molecular flexibility index (Phi) is 5.26. The fourth-order valence-corrected chi connectivity index (χ4v) is 3.49. The molecule has 0 N–H and O–H groups in total. The highest BCUT2D eigenvalue weighted by atomic mass is 16.5. The summed E-state index contributed by atoms with van der Waals surface area (Å²) < 4.78 is 8.24. The molecule has 0 aliphatic carbocycles. The largest absolute Gasteiger partial charge is 0.492 e. The molecule has 0 fully saturated rings. The van der Waals surface area contributed by atoms with E-state index < -0.39 is 0 Å². The second-order valence-electron chi connectivity index (χ2n) is 6.87. The van der Waals surface area contributed by atoms with Crippen molar-refractivity contribution >= 4 is 0 Å². The fourth-order valence-electron chi connectivity index (χ4n) is 3.49. The van der Waals surface area contributed by atoms with Crippen molar-refractivity contribution in [2.45, 2.75) is 19.5 Å². The van der Waals surface area contributed by atoms with E-state index in [-0.39, 0.29) is 0 Å². The van der Waals surface area contributed by atoms with Gasteiger partial charge in [-0.3, -0.25) is 9.88 Å². The van der Waals surface area contributed by atoms with Gasteiger partial charge < -0.3 is 9.30 Å². The van der Waals surface area contributed by atoms with Gasteiger partial charge in [0.2, 0.25) is 0 Å². The molecule has 1 aliphatic heterocycles. The predicted octanol–water partition coefficient (Wildman–Crippen LogP) is 3.03. The molecule has 5 heteroatoms. The molecule has 26 heavy (non-hydrogen) atoms. The van der Waals surface area contributed by atoms with Gasteiger partial charge in [-0.25, -0.2) is 4.98 Å². The van der Waals surface area contributed by atoms with E-state index in [9.17, 15) is 0 Å². The number of rotatable bonds is 6. The van der Waals surface area contributed by atoms with E-state index in [1.807, 2.05) is 24.7 Å². The molecule has 0 amide bonds. The molecule has 3 heterocycles. The molecule has 4 rings (SSSR count). The van der Waals surface area contributed by atoms with Crippen LogP contribution in [-0.4, -0.2) is 39.1 Å². The number of benzene rings is 1. The van der Waals surface area contributed by atoms with Crippen molar-refractivity contribution < 1.29 is 4.74 Å². The molecule has 0 unspecified atom stereocenters. The summed E-state index contributed by atoms with van der Waals surface area (Å²) in [7, 11) is 0. The number of aromatic nitrogens is 3. The zero-order valence-electron chi connectivity index (χ0n) is 14.9. The third-order valence-corrected chi connectivity index (χ3v) is 4.84. The van der Waals surface area contributed by atoms with Crippen molar-refractivity contribution in [2.75, 3.05) is 19.7 Å². The van der Waals surface area contributed by atoms with E-state index in [1.54, 1.807) is 12.4 Å². The third kappa shape index (κ3) is 4.29. The highest BCUT2D eigenvalue weighted by molar-refractivity contribution is 5.16. The maximum absolute atomic E-state index is 5.98. The summed E-state index contributed by atoms with van der Waals surface area (Å²) in [5.41, 5.74) is 2.66. The van der Waals surface area contributed by atoms with E-state index in [0.717, 1.165) is 38.3 Å². The lowest BCUT2D eigenvalue weighted by atomic mass is 10.1. The zero-order valence-corrected chi connectivity index (χ0v) is 14.9. The molecule has 1 atom stereocenters. The summed E-state index contributed by atoms with van der Waals surface area (Å²) in [4.78, 5) is 11.0. The molecule has 0 bridgehead atoms. The summed E-state index contributed by atoms with van der Waals surface area (Å²) in [6.07, 6.45) is 8.52. The molecule has 1 aromatic carbocycles. The summed E-state index contributed by atoms with van der Waals surface area (Å²) in [6, 6.07) is 14.5. The van der Waals surface area contributed by atoms with Crippen LogP contribution in [-0.2, 0) is 19.5 Å². The quantitative estimate of drug-likeness (QED) is 0.687. The van der Waals surface area contributed by atoms with Crippen LogP contribution in [0.1, 0.15) is 11.3 Å². The van der Waals surface area contributed by atoms with E-state index in [2.05, 4.69) is 49.8 Å². The zero-order chi connectivity index (χ0) is 17.6. The van der Waals surface area contributed by atoms with Crippen molar-refractivity contribution in [3.8, 4) is 5.75 Å². The minimum atomic E-state index is 0.418. The van der Waals surface area contributed by atoms with Crippen LogP contribution >= 0.6 is 0 Å². The van der Waals surface area contributed by atoms with Gasteiger partial charge in [-0.2, -0.15) is 0 Å². The number of ether oxygens (including phenoxy) is 1. The first-order chi connectivity index (χ1) is 12.9. The Hall–Kier alpha value is -2.66. The van der Waals surface area contributed by atoms with Crippen LogP contribution in [0.5, 0.6) is 5.75 Å².